The van der Waals surface area contributed by atoms with E-state index in [9.17, 15) is 39.9 Å². The maximum Gasteiger partial charge on any atom is 0.255 e. The number of ketones is 2. The highest BCUT2D eigenvalue weighted by Gasteiger charge is 2.66. The molecule has 36 heavy (non-hydrogen) atoms. The molecule has 0 heterocycles. The van der Waals surface area contributed by atoms with Crippen LogP contribution in [-0.2, 0) is 16.0 Å². The molecule has 1 amide bonds. The minimum atomic E-state index is -2.94. The highest BCUT2D eigenvalue weighted by molar-refractivity contribution is 7.80. The highest BCUT2D eigenvalue weighted by atomic mass is 32.1. The Morgan fingerprint density at radius 2 is 1.86 bits per heavy atom. The van der Waals surface area contributed by atoms with Gasteiger partial charge in [-0.3, -0.25) is 19.3 Å². The van der Waals surface area contributed by atoms with Gasteiger partial charge in [-0.05, 0) is 51.6 Å². The number of nitrogens with two attached hydrogens (primary N) is 1. The van der Waals surface area contributed by atoms with E-state index in [1.807, 2.05) is 0 Å². The fraction of sp³-hybridized carbons (Fsp3) is 0.417. The number of Topliss-reactive ketones (excluding diaryl/α,β-unsaturated/α-hetero) is 2. The second-order valence-corrected chi connectivity index (χ2v) is 10.3. The predicted molar refractivity (Wildman–Crippen MR) is 132 cm³/mol. The van der Waals surface area contributed by atoms with Crippen LogP contribution in [0.3, 0.4) is 0 Å². The third-order valence-corrected chi connectivity index (χ3v) is 7.44. The number of rotatable bonds is 3. The van der Waals surface area contributed by atoms with Crippen molar-refractivity contribution < 1.29 is 39.9 Å². The van der Waals surface area contributed by atoms with Gasteiger partial charge in [-0.25, -0.2) is 0 Å². The Bertz CT molecular complexity index is 1320. The van der Waals surface area contributed by atoms with Gasteiger partial charge in [0.15, 0.2) is 11.4 Å². The van der Waals surface area contributed by atoms with Crippen molar-refractivity contribution in [2.24, 2.45) is 17.6 Å². The van der Waals surface area contributed by atoms with E-state index in [1.54, 1.807) is 19.9 Å². The molecule has 0 bridgehead atoms. The van der Waals surface area contributed by atoms with E-state index in [0.717, 1.165) is 0 Å². The minimum absolute atomic E-state index is 0.0219. The number of benzene rings is 1. The summed E-state index contributed by atoms with van der Waals surface area (Å²) in [6.45, 7) is 3.29. The first-order valence-electron chi connectivity index (χ1n) is 11.1. The quantitative estimate of drug-likeness (QED) is 0.164. The number of carbonyl (C=O) groups is 3. The number of nitrogens with zero attached hydrogens (tertiary/aromatic N) is 1. The summed E-state index contributed by atoms with van der Waals surface area (Å²) >= 11 is 5.03. The van der Waals surface area contributed by atoms with Crippen molar-refractivity contribution in [2.75, 3.05) is 19.4 Å². The first-order chi connectivity index (χ1) is 16.7. The Morgan fingerprint density at radius 1 is 1.25 bits per heavy atom. The second-order valence-electron chi connectivity index (χ2n) is 9.67. The molecule has 0 aromatic heterocycles. The van der Waals surface area contributed by atoms with Gasteiger partial charge in [-0.15, -0.1) is 0 Å². The molecular weight excluding hydrogens is 490 g/mol. The molecule has 4 rings (SSSR count). The van der Waals surface area contributed by atoms with Crippen molar-refractivity contribution in [3.05, 3.63) is 45.4 Å². The van der Waals surface area contributed by atoms with E-state index < -0.39 is 75.5 Å². The standard InChI is InChI=1S/C24H27N3O8S/c1-7-5-11(26-8(2)36)18(29)12-9(7)6-10-13(19(12)30)21(32)24(35)15(17(10)28)16(27(3)4)20(31)14(22(24)33)23(25)34/h5,10,15-17,28-29,31-32,35H,6H2,1-4H3,(H2,25,34)(H,26,36)/t10?,15?,16-,17-,24-/m0/s1. The average molecular weight is 518 g/mol. The van der Waals surface area contributed by atoms with E-state index in [2.05, 4.69) is 5.32 Å². The number of amides is 1. The number of phenols is 1. The van der Waals surface area contributed by atoms with Crippen LogP contribution in [0.15, 0.2) is 28.7 Å². The smallest absolute Gasteiger partial charge is 0.255 e. The number of likely N-dealkylation sites (N-methyl/N-ethyl adjacent to an activating group) is 1. The summed E-state index contributed by atoms with van der Waals surface area (Å²) < 4.78 is 0. The van der Waals surface area contributed by atoms with E-state index in [4.69, 9.17) is 18.0 Å². The van der Waals surface area contributed by atoms with Gasteiger partial charge in [0.05, 0.1) is 34.3 Å². The molecule has 0 saturated carbocycles. The van der Waals surface area contributed by atoms with E-state index in [1.165, 1.54) is 19.0 Å². The van der Waals surface area contributed by atoms with Crippen molar-refractivity contribution in [3.63, 3.8) is 0 Å². The third-order valence-electron chi connectivity index (χ3n) is 7.34. The number of aryl methyl sites for hydroxylation is 1. The maximum atomic E-state index is 13.7. The summed E-state index contributed by atoms with van der Waals surface area (Å²) in [6.07, 6.45) is -1.64. The van der Waals surface area contributed by atoms with Gasteiger partial charge in [0.1, 0.15) is 22.8 Å². The maximum absolute atomic E-state index is 13.7. The van der Waals surface area contributed by atoms with Crippen molar-refractivity contribution in [1.82, 2.24) is 4.90 Å². The van der Waals surface area contributed by atoms with Gasteiger partial charge in [-0.1, -0.05) is 12.2 Å². The van der Waals surface area contributed by atoms with Crippen LogP contribution in [-0.4, -0.2) is 84.7 Å². The summed E-state index contributed by atoms with van der Waals surface area (Å²) in [5.41, 5.74) is 1.98. The summed E-state index contributed by atoms with van der Waals surface area (Å²) in [5, 5.41) is 58.8. The van der Waals surface area contributed by atoms with Crippen LogP contribution in [0.5, 0.6) is 5.75 Å². The van der Waals surface area contributed by atoms with Crippen molar-refractivity contribution in [1.29, 1.82) is 0 Å². The lowest BCUT2D eigenvalue weighted by Gasteiger charge is -2.52. The van der Waals surface area contributed by atoms with Gasteiger partial charge in [0.25, 0.3) is 5.91 Å². The molecule has 1 aromatic rings. The van der Waals surface area contributed by atoms with Crippen molar-refractivity contribution >= 4 is 40.4 Å². The molecule has 3 aliphatic rings. The Kier molecular flexibility index (Phi) is 5.99. The summed E-state index contributed by atoms with van der Waals surface area (Å²) in [4.78, 5) is 40.7. The molecule has 192 valence electrons. The van der Waals surface area contributed by atoms with Crippen LogP contribution in [0, 0.1) is 18.8 Å². The van der Waals surface area contributed by atoms with Crippen LogP contribution in [0.1, 0.15) is 28.4 Å². The number of primary amides is 1. The molecule has 0 aliphatic heterocycles. The Balaban J connectivity index is 2.01. The number of carbonyl (C=O) groups excluding carboxylic acids is 3. The molecular formula is C24H27N3O8S. The normalized spacial score (nSPS) is 29.6. The number of hydrogen-bond acceptors (Lipinski definition) is 10. The lowest BCUT2D eigenvalue weighted by atomic mass is 9.57. The number of nitrogens with one attached hydrogen (secondary N) is 1. The van der Waals surface area contributed by atoms with Gasteiger partial charge in [0.2, 0.25) is 5.78 Å². The highest BCUT2D eigenvalue weighted by Crippen LogP contribution is 2.53. The molecule has 0 saturated heterocycles. The zero-order chi connectivity index (χ0) is 27.0. The fourth-order valence-electron chi connectivity index (χ4n) is 5.80. The van der Waals surface area contributed by atoms with Crippen LogP contribution in [0.25, 0.3) is 0 Å². The van der Waals surface area contributed by atoms with E-state index in [-0.39, 0.29) is 17.7 Å². The number of anilines is 1. The molecule has 5 atom stereocenters. The number of aliphatic hydroxyl groups excluding tert-OH is 3. The zero-order valence-corrected chi connectivity index (χ0v) is 20.8. The molecule has 3 aliphatic carbocycles. The second kappa shape index (κ2) is 8.37. The molecule has 1 aromatic carbocycles. The van der Waals surface area contributed by atoms with Gasteiger partial charge in [0, 0.05) is 11.5 Å². The monoisotopic (exact) mass is 517 g/mol. The molecule has 8 N–H and O–H groups in total. The van der Waals surface area contributed by atoms with E-state index >= 15 is 0 Å². The van der Waals surface area contributed by atoms with Crippen LogP contribution < -0.4 is 11.1 Å². The Hall–Kier alpha value is -3.32. The summed E-state index contributed by atoms with van der Waals surface area (Å²) in [5.74, 6) is -8.54. The third kappa shape index (κ3) is 3.29. The van der Waals surface area contributed by atoms with E-state index in [0.29, 0.717) is 16.1 Å². The molecule has 11 nitrogen and oxygen atoms in total. The zero-order valence-electron chi connectivity index (χ0n) is 20.0. The molecule has 0 spiro atoms. The van der Waals surface area contributed by atoms with Crippen LogP contribution in [0.2, 0.25) is 0 Å². The van der Waals surface area contributed by atoms with Crippen LogP contribution >= 0.6 is 12.2 Å². The Labute approximate surface area is 211 Å². The van der Waals surface area contributed by atoms with Crippen molar-refractivity contribution in [3.8, 4) is 5.75 Å². The first kappa shape index (κ1) is 25.8. The number of hydrogen-bond donors (Lipinski definition) is 7. The largest absolute Gasteiger partial charge is 0.510 e. The average Bonchev–Trinajstić information content (AvgIpc) is 2.76. The van der Waals surface area contributed by atoms with Gasteiger partial charge < -0.3 is 36.6 Å². The number of aliphatic hydroxyl groups is 4. The lowest BCUT2D eigenvalue weighted by molar-refractivity contribution is -0.161. The van der Waals surface area contributed by atoms with Gasteiger partial charge >= 0.3 is 0 Å². The molecule has 2 unspecified atom stereocenters. The molecule has 12 heteroatoms. The minimum Gasteiger partial charge on any atom is -0.510 e. The topological polar surface area (TPSA) is 194 Å². The summed E-state index contributed by atoms with van der Waals surface area (Å²) in [7, 11) is 2.96. The predicted octanol–water partition coefficient (Wildman–Crippen LogP) is 0.159. The SMILES string of the molecule is CC(=S)Nc1cc(C)c2c(c1O)C(=O)C1=C(O)[C@]3(O)C(=O)C(C(N)=O)=C(O)[C@@H](N(C)C)C3[C@@H](O)C1C2. The number of phenolic OH excluding ortho intramolecular Hbond substituents is 1. The number of fused-ring (bicyclic) bond motifs is 3. The number of aromatic hydroxyl groups is 1. The van der Waals surface area contributed by atoms with Crippen LogP contribution in [0.4, 0.5) is 5.69 Å². The summed E-state index contributed by atoms with van der Waals surface area (Å²) in [6, 6.07) is 0.301. The van der Waals surface area contributed by atoms with Crippen molar-refractivity contribution in [2.45, 2.75) is 38.0 Å². The molecule has 0 fully saturated rings. The Morgan fingerprint density at radius 3 is 2.39 bits per heavy atom. The van der Waals surface area contributed by atoms with Gasteiger partial charge in [-0.2, -0.15) is 0 Å². The first-order valence-corrected chi connectivity index (χ1v) is 11.5. The molecule has 0 radical (unpaired) electrons. The lowest BCUT2D eigenvalue weighted by Crippen LogP contribution is -2.68. The fourth-order valence-corrected chi connectivity index (χ4v) is 5.91. The number of thiocarbonyl (C=S) groups is 1.